The van der Waals surface area contributed by atoms with Gasteiger partial charge in [0.25, 0.3) is 11.7 Å². The van der Waals surface area contributed by atoms with Gasteiger partial charge in [0.15, 0.2) is 11.5 Å². The van der Waals surface area contributed by atoms with Gasteiger partial charge in [0, 0.05) is 24.5 Å². The molecule has 8 nitrogen and oxygen atoms in total. The number of hydrogen-bond donors (Lipinski definition) is 1. The van der Waals surface area contributed by atoms with Crippen molar-refractivity contribution < 1.29 is 28.9 Å². The topological polar surface area (TPSA) is 98.2 Å². The lowest BCUT2D eigenvalue weighted by Crippen LogP contribution is -2.29. The number of benzene rings is 2. The fourth-order valence-corrected chi connectivity index (χ4v) is 4.21. The van der Waals surface area contributed by atoms with Crippen LogP contribution in [-0.2, 0) is 16.1 Å². The van der Waals surface area contributed by atoms with Gasteiger partial charge in [-0.05, 0) is 53.9 Å². The van der Waals surface area contributed by atoms with E-state index in [1.54, 1.807) is 67.0 Å². The maximum Gasteiger partial charge on any atom is 0.295 e. The second kappa shape index (κ2) is 10.9. The number of amides is 1. The number of pyridine rings is 1. The van der Waals surface area contributed by atoms with E-state index in [4.69, 9.17) is 14.2 Å². The van der Waals surface area contributed by atoms with E-state index in [2.05, 4.69) is 4.98 Å². The SMILES string of the molecule is CCCOc1cccc(C(O)=C2C(=O)C(=O)N(Cc3ccncc3)C2c2ccc(OC)c(OC)c2)c1. The Labute approximate surface area is 209 Å². The van der Waals surface area contributed by atoms with Gasteiger partial charge in [0.1, 0.15) is 11.5 Å². The maximum atomic E-state index is 13.3. The van der Waals surface area contributed by atoms with Crippen LogP contribution in [-0.4, -0.2) is 47.5 Å². The quantitative estimate of drug-likeness (QED) is 0.269. The number of aromatic nitrogens is 1. The summed E-state index contributed by atoms with van der Waals surface area (Å²) in [5.74, 6) is -0.220. The fraction of sp³-hybridized carbons (Fsp3) is 0.250. The Hall–Kier alpha value is -4.33. The highest BCUT2D eigenvalue weighted by atomic mass is 16.5. The molecule has 1 aromatic heterocycles. The Balaban J connectivity index is 1.86. The predicted octanol–water partition coefficient (Wildman–Crippen LogP) is 4.51. The molecule has 1 fully saturated rings. The molecule has 0 bridgehead atoms. The number of Topliss-reactive ketones (excluding diaryl/α,β-unsaturated/α-hetero) is 1. The van der Waals surface area contributed by atoms with Crippen molar-refractivity contribution in [3.8, 4) is 17.2 Å². The second-order valence-electron chi connectivity index (χ2n) is 8.27. The zero-order chi connectivity index (χ0) is 25.7. The van der Waals surface area contributed by atoms with Crippen molar-refractivity contribution in [2.75, 3.05) is 20.8 Å². The minimum atomic E-state index is -0.849. The number of aliphatic hydroxyl groups excluding tert-OH is 1. The molecule has 8 heteroatoms. The summed E-state index contributed by atoms with van der Waals surface area (Å²) in [6.45, 7) is 2.67. The van der Waals surface area contributed by atoms with Gasteiger partial charge in [0.2, 0.25) is 0 Å². The minimum absolute atomic E-state index is 0.00563. The number of hydrogen-bond acceptors (Lipinski definition) is 7. The largest absolute Gasteiger partial charge is 0.507 e. The highest BCUT2D eigenvalue weighted by molar-refractivity contribution is 6.46. The van der Waals surface area contributed by atoms with E-state index >= 15 is 0 Å². The van der Waals surface area contributed by atoms with Gasteiger partial charge in [-0.2, -0.15) is 0 Å². The summed E-state index contributed by atoms with van der Waals surface area (Å²) in [7, 11) is 3.04. The third-order valence-corrected chi connectivity index (χ3v) is 5.95. The summed E-state index contributed by atoms with van der Waals surface area (Å²) in [5, 5.41) is 11.4. The lowest BCUT2D eigenvalue weighted by Gasteiger charge is -2.26. The third kappa shape index (κ3) is 4.88. The van der Waals surface area contributed by atoms with Crippen molar-refractivity contribution in [1.82, 2.24) is 9.88 Å². The molecule has 1 aliphatic heterocycles. The zero-order valence-corrected chi connectivity index (χ0v) is 20.4. The molecule has 0 radical (unpaired) electrons. The molecule has 186 valence electrons. The minimum Gasteiger partial charge on any atom is -0.507 e. The molecule has 4 rings (SSSR count). The van der Waals surface area contributed by atoms with Crippen LogP contribution < -0.4 is 14.2 Å². The van der Waals surface area contributed by atoms with Crippen molar-refractivity contribution in [2.45, 2.75) is 25.9 Å². The smallest absolute Gasteiger partial charge is 0.295 e. The van der Waals surface area contributed by atoms with Gasteiger partial charge >= 0.3 is 0 Å². The fourth-order valence-electron chi connectivity index (χ4n) is 4.21. The number of carbonyl (C=O) groups is 2. The number of rotatable bonds is 9. The zero-order valence-electron chi connectivity index (χ0n) is 20.4. The molecule has 1 amide bonds. The average Bonchev–Trinajstić information content (AvgIpc) is 3.16. The summed E-state index contributed by atoms with van der Waals surface area (Å²) in [6, 6.07) is 14.7. The van der Waals surface area contributed by atoms with Crippen LogP contribution in [0.25, 0.3) is 5.76 Å². The Kier molecular flexibility index (Phi) is 7.53. The Morgan fingerprint density at radius 2 is 1.75 bits per heavy atom. The van der Waals surface area contributed by atoms with Crippen LogP contribution in [0.4, 0.5) is 0 Å². The highest BCUT2D eigenvalue weighted by Crippen LogP contribution is 2.42. The Bertz CT molecular complexity index is 1290. The average molecular weight is 489 g/mol. The molecule has 0 aliphatic carbocycles. The molecule has 36 heavy (non-hydrogen) atoms. The molecule has 1 saturated heterocycles. The molecule has 3 aromatic rings. The van der Waals surface area contributed by atoms with E-state index in [0.29, 0.717) is 35.0 Å². The Morgan fingerprint density at radius 3 is 2.44 bits per heavy atom. The first kappa shape index (κ1) is 24.8. The Morgan fingerprint density at radius 1 is 1.00 bits per heavy atom. The maximum absolute atomic E-state index is 13.3. The number of likely N-dealkylation sites (tertiary alicyclic amines) is 1. The van der Waals surface area contributed by atoms with Crippen LogP contribution in [0.15, 0.2) is 72.6 Å². The summed E-state index contributed by atoms with van der Waals surface area (Å²) in [5.41, 5.74) is 1.78. The summed E-state index contributed by atoms with van der Waals surface area (Å²) in [4.78, 5) is 32.1. The summed E-state index contributed by atoms with van der Waals surface area (Å²) >= 11 is 0. The molecular formula is C28H28N2O6. The normalized spacial score (nSPS) is 16.8. The first-order valence-electron chi connectivity index (χ1n) is 11.6. The number of ether oxygens (including phenoxy) is 3. The van der Waals surface area contributed by atoms with Gasteiger partial charge in [-0.15, -0.1) is 0 Å². The third-order valence-electron chi connectivity index (χ3n) is 5.95. The number of aliphatic hydroxyl groups is 1. The summed E-state index contributed by atoms with van der Waals surface area (Å²) < 4.78 is 16.5. The number of ketones is 1. The number of nitrogens with zero attached hydrogens (tertiary/aromatic N) is 2. The van der Waals surface area contributed by atoms with E-state index in [0.717, 1.165) is 12.0 Å². The molecule has 0 spiro atoms. The second-order valence-corrected chi connectivity index (χ2v) is 8.27. The van der Waals surface area contributed by atoms with Gasteiger partial charge < -0.3 is 24.2 Å². The van der Waals surface area contributed by atoms with Crippen LogP contribution >= 0.6 is 0 Å². The monoisotopic (exact) mass is 488 g/mol. The van der Waals surface area contributed by atoms with E-state index in [-0.39, 0.29) is 17.9 Å². The summed E-state index contributed by atoms with van der Waals surface area (Å²) in [6.07, 6.45) is 4.08. The van der Waals surface area contributed by atoms with Gasteiger partial charge in [-0.1, -0.05) is 25.1 Å². The lowest BCUT2D eigenvalue weighted by molar-refractivity contribution is -0.140. The van der Waals surface area contributed by atoms with Crippen LogP contribution in [0, 0.1) is 0 Å². The molecule has 1 aliphatic rings. The molecule has 1 unspecified atom stereocenters. The molecule has 1 atom stereocenters. The first-order chi connectivity index (χ1) is 17.5. The van der Waals surface area contributed by atoms with Gasteiger partial charge in [-0.25, -0.2) is 0 Å². The van der Waals surface area contributed by atoms with Gasteiger partial charge in [0.05, 0.1) is 32.4 Å². The van der Waals surface area contributed by atoms with E-state index in [9.17, 15) is 14.7 Å². The van der Waals surface area contributed by atoms with Crippen molar-refractivity contribution >= 4 is 17.4 Å². The van der Waals surface area contributed by atoms with E-state index in [1.165, 1.54) is 19.1 Å². The van der Waals surface area contributed by atoms with Crippen LogP contribution in [0.2, 0.25) is 0 Å². The van der Waals surface area contributed by atoms with Crippen molar-refractivity contribution in [1.29, 1.82) is 0 Å². The standard InChI is InChI=1S/C28H28N2O6/c1-4-14-36-21-7-5-6-20(15-21)26(31)24-25(19-8-9-22(34-2)23(16-19)35-3)30(28(33)27(24)32)17-18-10-12-29-13-11-18/h5-13,15-16,25,31H,4,14,17H2,1-3H3. The van der Waals surface area contributed by atoms with Crippen molar-refractivity contribution in [2.24, 2.45) is 0 Å². The molecule has 2 heterocycles. The highest BCUT2D eigenvalue weighted by Gasteiger charge is 2.46. The van der Waals surface area contributed by atoms with Crippen LogP contribution in [0.1, 0.15) is 36.1 Å². The van der Waals surface area contributed by atoms with Crippen LogP contribution in [0.3, 0.4) is 0 Å². The van der Waals surface area contributed by atoms with Crippen LogP contribution in [0.5, 0.6) is 17.2 Å². The number of methoxy groups -OCH3 is 2. The number of carbonyl (C=O) groups excluding carboxylic acids is 2. The first-order valence-corrected chi connectivity index (χ1v) is 11.6. The molecular weight excluding hydrogens is 460 g/mol. The van der Waals surface area contributed by atoms with E-state index < -0.39 is 17.7 Å². The van der Waals surface area contributed by atoms with Crippen molar-refractivity contribution in [3.05, 3.63) is 89.3 Å². The van der Waals surface area contributed by atoms with Gasteiger partial charge in [-0.3, -0.25) is 14.6 Å². The predicted molar refractivity (Wildman–Crippen MR) is 134 cm³/mol. The van der Waals surface area contributed by atoms with E-state index in [1.807, 2.05) is 6.92 Å². The van der Waals surface area contributed by atoms with Crippen molar-refractivity contribution in [3.63, 3.8) is 0 Å². The molecule has 1 N–H and O–H groups in total. The molecule has 0 saturated carbocycles. The molecule has 2 aromatic carbocycles. The lowest BCUT2D eigenvalue weighted by atomic mass is 9.94.